The predicted octanol–water partition coefficient (Wildman–Crippen LogP) is 1.22. The summed E-state index contributed by atoms with van der Waals surface area (Å²) in [5.74, 6) is -1.62. The van der Waals surface area contributed by atoms with Crippen molar-refractivity contribution in [3.63, 3.8) is 0 Å². The first kappa shape index (κ1) is 10.6. The van der Waals surface area contributed by atoms with Gasteiger partial charge in [0.2, 0.25) is 0 Å². The molecule has 0 amide bonds. The SMILES string of the molecule is O=C(O)C(=O)c1ccc(OCS)cc1. The van der Waals surface area contributed by atoms with E-state index in [-0.39, 0.29) is 11.5 Å². The van der Waals surface area contributed by atoms with E-state index in [1.165, 1.54) is 24.3 Å². The second-order valence-corrected chi connectivity index (χ2v) is 2.69. The molecule has 1 aromatic rings. The lowest BCUT2D eigenvalue weighted by atomic mass is 10.1. The smallest absolute Gasteiger partial charge is 0.377 e. The largest absolute Gasteiger partial charge is 0.483 e. The number of thiol groups is 1. The second kappa shape index (κ2) is 4.66. The summed E-state index contributed by atoms with van der Waals surface area (Å²) in [5, 5.41) is 8.42. The first-order valence-electron chi connectivity index (χ1n) is 3.76. The number of ether oxygens (including phenoxy) is 1. The highest BCUT2D eigenvalue weighted by molar-refractivity contribution is 7.80. The zero-order chi connectivity index (χ0) is 10.6. The molecular weight excluding hydrogens is 204 g/mol. The van der Waals surface area contributed by atoms with Crippen LogP contribution >= 0.6 is 12.6 Å². The molecule has 1 rings (SSSR count). The van der Waals surface area contributed by atoms with Gasteiger partial charge in [0.15, 0.2) is 0 Å². The van der Waals surface area contributed by atoms with Gasteiger partial charge in [-0.3, -0.25) is 4.79 Å². The van der Waals surface area contributed by atoms with Gasteiger partial charge in [-0.15, -0.1) is 12.6 Å². The van der Waals surface area contributed by atoms with Crippen molar-refractivity contribution in [3.8, 4) is 5.75 Å². The molecule has 14 heavy (non-hydrogen) atoms. The van der Waals surface area contributed by atoms with Crippen molar-refractivity contribution in [2.45, 2.75) is 0 Å². The summed E-state index contributed by atoms with van der Waals surface area (Å²) < 4.78 is 5.01. The van der Waals surface area contributed by atoms with Crippen molar-refractivity contribution < 1.29 is 19.4 Å². The molecule has 0 atom stereocenters. The monoisotopic (exact) mass is 212 g/mol. The van der Waals surface area contributed by atoms with Gasteiger partial charge in [0, 0.05) is 5.56 Å². The number of ketones is 1. The minimum absolute atomic E-state index is 0.129. The maximum Gasteiger partial charge on any atom is 0.377 e. The topological polar surface area (TPSA) is 63.6 Å². The maximum atomic E-state index is 11.0. The molecule has 0 aliphatic carbocycles. The van der Waals surface area contributed by atoms with Crippen molar-refractivity contribution in [1.29, 1.82) is 0 Å². The molecule has 0 unspecified atom stereocenters. The molecule has 0 saturated carbocycles. The average Bonchev–Trinajstić information content (AvgIpc) is 2.18. The van der Waals surface area contributed by atoms with Crippen molar-refractivity contribution >= 4 is 24.4 Å². The Morgan fingerprint density at radius 3 is 2.29 bits per heavy atom. The van der Waals surface area contributed by atoms with Gasteiger partial charge < -0.3 is 9.84 Å². The molecule has 0 aliphatic rings. The van der Waals surface area contributed by atoms with Gasteiger partial charge in [-0.05, 0) is 24.3 Å². The molecule has 4 nitrogen and oxygen atoms in total. The minimum atomic E-state index is -1.46. The summed E-state index contributed by atoms with van der Waals surface area (Å²) in [6.45, 7) is 0. The Balaban J connectivity index is 2.83. The summed E-state index contributed by atoms with van der Waals surface area (Å²) in [6.07, 6.45) is 0. The number of carbonyl (C=O) groups is 2. The van der Waals surface area contributed by atoms with Gasteiger partial charge in [-0.2, -0.15) is 0 Å². The fraction of sp³-hybridized carbons (Fsp3) is 0.111. The molecule has 0 aliphatic heterocycles. The maximum absolute atomic E-state index is 11.0. The Kier molecular flexibility index (Phi) is 3.53. The molecule has 0 aromatic heterocycles. The lowest BCUT2D eigenvalue weighted by Gasteiger charge is -2.01. The molecule has 0 heterocycles. The van der Waals surface area contributed by atoms with Crippen LogP contribution in [0.5, 0.6) is 5.75 Å². The van der Waals surface area contributed by atoms with Crippen LogP contribution in [-0.2, 0) is 4.79 Å². The Bertz CT molecular complexity index is 344. The molecule has 0 fully saturated rings. The second-order valence-electron chi connectivity index (χ2n) is 2.43. The van der Waals surface area contributed by atoms with Crippen LogP contribution in [0.15, 0.2) is 24.3 Å². The van der Waals surface area contributed by atoms with Gasteiger partial charge in [0.25, 0.3) is 5.78 Å². The number of carbonyl (C=O) groups excluding carboxylic acids is 1. The van der Waals surface area contributed by atoms with Crippen LogP contribution in [0.1, 0.15) is 10.4 Å². The Labute approximate surface area is 85.9 Å². The van der Waals surface area contributed by atoms with E-state index in [4.69, 9.17) is 9.84 Å². The standard InChI is InChI=1S/C9H8O4S/c10-8(9(11)12)6-1-3-7(4-2-6)13-5-14/h1-4,14H,5H2,(H,11,12). The third kappa shape index (κ3) is 2.50. The number of hydrogen-bond acceptors (Lipinski definition) is 4. The third-order valence-corrected chi connectivity index (χ3v) is 1.67. The summed E-state index contributed by atoms with van der Waals surface area (Å²) >= 11 is 3.85. The number of benzene rings is 1. The van der Waals surface area contributed by atoms with E-state index in [1.54, 1.807) is 0 Å². The van der Waals surface area contributed by atoms with Crippen molar-refractivity contribution in [2.75, 3.05) is 5.94 Å². The third-order valence-electron chi connectivity index (χ3n) is 1.54. The molecule has 0 spiro atoms. The van der Waals surface area contributed by atoms with E-state index in [0.29, 0.717) is 5.75 Å². The number of rotatable bonds is 4. The van der Waals surface area contributed by atoms with Crippen LogP contribution in [0.25, 0.3) is 0 Å². The van der Waals surface area contributed by atoms with Crippen molar-refractivity contribution in [3.05, 3.63) is 29.8 Å². The highest BCUT2D eigenvalue weighted by atomic mass is 32.1. The molecule has 1 aromatic carbocycles. The van der Waals surface area contributed by atoms with Crippen LogP contribution in [0.2, 0.25) is 0 Å². The lowest BCUT2D eigenvalue weighted by Crippen LogP contribution is -2.12. The van der Waals surface area contributed by atoms with E-state index in [0.717, 1.165) is 0 Å². The molecule has 1 N–H and O–H groups in total. The van der Waals surface area contributed by atoms with Crippen molar-refractivity contribution in [1.82, 2.24) is 0 Å². The molecule has 74 valence electrons. The molecule has 5 heteroatoms. The number of carboxylic acid groups (broad SMARTS) is 1. The van der Waals surface area contributed by atoms with Crippen LogP contribution in [0, 0.1) is 0 Å². The summed E-state index contributed by atoms with van der Waals surface area (Å²) in [7, 11) is 0. The summed E-state index contributed by atoms with van der Waals surface area (Å²) in [4.78, 5) is 21.3. The quantitative estimate of drug-likeness (QED) is 0.341. The Morgan fingerprint density at radius 1 is 1.29 bits per heavy atom. The summed E-state index contributed by atoms with van der Waals surface area (Å²) in [6, 6.07) is 5.84. The van der Waals surface area contributed by atoms with E-state index in [2.05, 4.69) is 12.6 Å². The number of aliphatic carboxylic acids is 1. The number of hydrogen-bond donors (Lipinski definition) is 2. The van der Waals surface area contributed by atoms with Crippen LogP contribution in [0.4, 0.5) is 0 Å². The van der Waals surface area contributed by atoms with E-state index < -0.39 is 11.8 Å². The van der Waals surface area contributed by atoms with Crippen LogP contribution < -0.4 is 4.74 Å². The first-order valence-corrected chi connectivity index (χ1v) is 4.39. The predicted molar refractivity (Wildman–Crippen MR) is 52.9 cm³/mol. The summed E-state index contributed by atoms with van der Waals surface area (Å²) in [5.41, 5.74) is 0.129. The molecule has 0 radical (unpaired) electrons. The average molecular weight is 212 g/mol. The van der Waals surface area contributed by atoms with Gasteiger partial charge in [0.05, 0.1) is 0 Å². The normalized spacial score (nSPS) is 9.50. The fourth-order valence-corrected chi connectivity index (χ4v) is 1.05. The molecule has 0 saturated heterocycles. The Morgan fingerprint density at radius 2 is 1.86 bits per heavy atom. The number of carboxylic acids is 1. The van der Waals surface area contributed by atoms with Crippen LogP contribution in [-0.4, -0.2) is 22.8 Å². The highest BCUT2D eigenvalue weighted by Gasteiger charge is 2.13. The van der Waals surface area contributed by atoms with Gasteiger partial charge in [0.1, 0.15) is 11.7 Å². The van der Waals surface area contributed by atoms with Gasteiger partial charge in [-0.25, -0.2) is 4.79 Å². The minimum Gasteiger partial charge on any atom is -0.483 e. The van der Waals surface area contributed by atoms with E-state index >= 15 is 0 Å². The first-order chi connectivity index (χ1) is 6.65. The zero-order valence-corrected chi connectivity index (χ0v) is 8.03. The molecular formula is C9H8O4S. The zero-order valence-electron chi connectivity index (χ0n) is 7.14. The lowest BCUT2D eigenvalue weighted by molar-refractivity contribution is -0.131. The Hall–Kier alpha value is -1.49. The number of Topliss-reactive ketones (excluding diaryl/α,β-unsaturated/α-hetero) is 1. The van der Waals surface area contributed by atoms with Crippen LogP contribution in [0.3, 0.4) is 0 Å². The van der Waals surface area contributed by atoms with Crippen molar-refractivity contribution in [2.24, 2.45) is 0 Å². The van der Waals surface area contributed by atoms with Gasteiger partial charge in [-0.1, -0.05) is 0 Å². The fourth-order valence-electron chi connectivity index (χ4n) is 0.901. The van der Waals surface area contributed by atoms with Gasteiger partial charge >= 0.3 is 5.97 Å². The highest BCUT2D eigenvalue weighted by Crippen LogP contribution is 2.12. The van der Waals surface area contributed by atoms with E-state index in [1.807, 2.05) is 0 Å². The molecule has 0 bridgehead atoms. The van der Waals surface area contributed by atoms with E-state index in [9.17, 15) is 9.59 Å².